The molecule has 5 nitrogen and oxygen atoms in total. The Morgan fingerprint density at radius 3 is 2.75 bits per heavy atom. The Bertz CT molecular complexity index is 718. The smallest absolute Gasteiger partial charge is 0.118 e. The van der Waals surface area contributed by atoms with Crippen molar-refractivity contribution < 1.29 is 4.74 Å². The molecule has 0 saturated heterocycles. The zero-order chi connectivity index (χ0) is 13.9. The highest BCUT2D eigenvalue weighted by Gasteiger charge is 2.02. The summed E-state index contributed by atoms with van der Waals surface area (Å²) in [5.74, 6) is 0.859. The minimum atomic E-state index is 0.708. The van der Waals surface area contributed by atoms with E-state index < -0.39 is 0 Å². The molecule has 2 aromatic carbocycles. The van der Waals surface area contributed by atoms with Crippen LogP contribution in [0.5, 0.6) is 5.75 Å². The van der Waals surface area contributed by atoms with E-state index in [1.165, 1.54) is 5.56 Å². The van der Waals surface area contributed by atoms with Gasteiger partial charge in [0.2, 0.25) is 0 Å². The van der Waals surface area contributed by atoms with E-state index in [-0.39, 0.29) is 0 Å². The van der Waals surface area contributed by atoms with Crippen LogP contribution in [0.3, 0.4) is 0 Å². The number of imidazole rings is 1. The molecule has 0 aliphatic carbocycles. The van der Waals surface area contributed by atoms with Crippen LogP contribution in [0.4, 0.5) is 5.69 Å². The van der Waals surface area contributed by atoms with Crippen molar-refractivity contribution in [1.29, 1.82) is 0 Å². The molecule has 5 heteroatoms. The largest absolute Gasteiger partial charge is 0.497 e. The van der Waals surface area contributed by atoms with Crippen molar-refractivity contribution in [2.45, 2.75) is 6.54 Å². The molecule has 0 fully saturated rings. The van der Waals surface area contributed by atoms with Gasteiger partial charge in [-0.15, -0.1) is 0 Å². The third-order valence-electron chi connectivity index (χ3n) is 3.18. The Morgan fingerprint density at radius 2 is 2.00 bits per heavy atom. The molecule has 3 N–H and O–H groups in total. The van der Waals surface area contributed by atoms with E-state index in [4.69, 9.17) is 10.5 Å². The van der Waals surface area contributed by atoms with Crippen molar-refractivity contribution in [2.75, 3.05) is 18.3 Å². The summed E-state index contributed by atoms with van der Waals surface area (Å²) in [5, 5.41) is 0. The first kappa shape index (κ1) is 12.3. The molecule has 0 aliphatic rings. The Morgan fingerprint density at radius 1 is 1.20 bits per heavy atom. The zero-order valence-corrected chi connectivity index (χ0v) is 11.2. The molecular weight excluding hydrogens is 252 g/mol. The molecule has 0 spiro atoms. The van der Waals surface area contributed by atoms with Crippen LogP contribution in [-0.4, -0.2) is 16.8 Å². The van der Waals surface area contributed by atoms with E-state index in [2.05, 4.69) is 10.4 Å². The first-order valence-electron chi connectivity index (χ1n) is 6.35. The lowest BCUT2D eigenvalue weighted by molar-refractivity contribution is 0.414. The molecule has 0 bridgehead atoms. The molecule has 0 saturated carbocycles. The number of fused-ring (bicyclic) bond motifs is 1. The number of aromatic nitrogens is 2. The van der Waals surface area contributed by atoms with Crippen LogP contribution in [0, 0.1) is 0 Å². The highest BCUT2D eigenvalue weighted by molar-refractivity contribution is 5.79. The second kappa shape index (κ2) is 5.13. The van der Waals surface area contributed by atoms with E-state index >= 15 is 0 Å². The summed E-state index contributed by atoms with van der Waals surface area (Å²) in [5.41, 5.74) is 12.8. The summed E-state index contributed by atoms with van der Waals surface area (Å²) >= 11 is 0. The molecule has 20 heavy (non-hydrogen) atoms. The van der Waals surface area contributed by atoms with Crippen LogP contribution in [-0.2, 0) is 6.54 Å². The van der Waals surface area contributed by atoms with Crippen molar-refractivity contribution in [2.24, 2.45) is 0 Å². The van der Waals surface area contributed by atoms with Gasteiger partial charge in [-0.2, -0.15) is 0 Å². The van der Waals surface area contributed by atoms with Gasteiger partial charge in [-0.1, -0.05) is 12.1 Å². The van der Waals surface area contributed by atoms with E-state index in [9.17, 15) is 0 Å². The van der Waals surface area contributed by atoms with Crippen molar-refractivity contribution in [1.82, 2.24) is 9.66 Å². The molecule has 102 valence electrons. The van der Waals surface area contributed by atoms with Crippen LogP contribution in [0.15, 0.2) is 48.8 Å². The third kappa shape index (κ3) is 2.38. The molecule has 3 aromatic rings. The van der Waals surface area contributed by atoms with E-state index in [1.807, 2.05) is 47.1 Å². The number of nitrogen functional groups attached to an aromatic ring is 1. The van der Waals surface area contributed by atoms with Crippen molar-refractivity contribution in [3.05, 3.63) is 54.4 Å². The number of nitrogens with one attached hydrogen (secondary N) is 1. The van der Waals surface area contributed by atoms with Crippen molar-refractivity contribution >= 4 is 16.7 Å². The number of hydrogen-bond acceptors (Lipinski definition) is 4. The fraction of sp³-hybridized carbons (Fsp3) is 0.133. The van der Waals surface area contributed by atoms with Crippen LogP contribution >= 0.6 is 0 Å². The average Bonchev–Trinajstić information content (AvgIpc) is 2.88. The molecule has 0 aliphatic heterocycles. The molecule has 0 amide bonds. The standard InChI is InChI=1S/C15H16N4O/c1-20-13-5-2-11(3-6-13)9-18-19-10-17-14-8-12(16)4-7-15(14)19/h2-8,10,18H,9,16H2,1H3. The third-order valence-corrected chi connectivity index (χ3v) is 3.18. The van der Waals surface area contributed by atoms with Gasteiger partial charge >= 0.3 is 0 Å². The van der Waals surface area contributed by atoms with E-state index in [1.54, 1.807) is 13.4 Å². The van der Waals surface area contributed by atoms with Crippen LogP contribution in [0.25, 0.3) is 11.0 Å². The van der Waals surface area contributed by atoms with Gasteiger partial charge in [-0.25, -0.2) is 9.66 Å². The predicted molar refractivity (Wildman–Crippen MR) is 80.2 cm³/mol. The molecule has 3 rings (SSSR count). The Balaban J connectivity index is 1.76. The van der Waals surface area contributed by atoms with Gasteiger partial charge in [-0.05, 0) is 35.9 Å². The molecular formula is C15H16N4O. The average molecular weight is 268 g/mol. The fourth-order valence-electron chi connectivity index (χ4n) is 2.08. The van der Waals surface area contributed by atoms with Crippen LogP contribution in [0.1, 0.15) is 5.56 Å². The summed E-state index contributed by atoms with van der Waals surface area (Å²) in [7, 11) is 1.66. The van der Waals surface area contributed by atoms with Gasteiger partial charge in [0.1, 0.15) is 12.1 Å². The summed E-state index contributed by atoms with van der Waals surface area (Å²) < 4.78 is 7.04. The number of hydrogen-bond donors (Lipinski definition) is 2. The van der Waals surface area contributed by atoms with E-state index in [0.29, 0.717) is 6.54 Å². The Labute approximate surface area is 117 Å². The monoisotopic (exact) mass is 268 g/mol. The second-order valence-corrected chi connectivity index (χ2v) is 4.55. The number of nitrogens with zero attached hydrogens (tertiary/aromatic N) is 2. The Hall–Kier alpha value is -2.69. The van der Waals surface area contributed by atoms with Crippen LogP contribution in [0.2, 0.25) is 0 Å². The molecule has 0 radical (unpaired) electrons. The Kier molecular flexibility index (Phi) is 3.16. The SMILES string of the molecule is COc1ccc(CNn2cnc3cc(N)ccc32)cc1. The lowest BCUT2D eigenvalue weighted by Gasteiger charge is -2.09. The van der Waals surface area contributed by atoms with Crippen LogP contribution < -0.4 is 15.9 Å². The highest BCUT2D eigenvalue weighted by Crippen LogP contribution is 2.16. The minimum Gasteiger partial charge on any atom is -0.497 e. The van der Waals surface area contributed by atoms with Gasteiger partial charge in [0.05, 0.1) is 24.7 Å². The second-order valence-electron chi connectivity index (χ2n) is 4.55. The van der Waals surface area contributed by atoms with Gasteiger partial charge in [-0.3, -0.25) is 0 Å². The first-order valence-corrected chi connectivity index (χ1v) is 6.35. The molecule has 1 heterocycles. The topological polar surface area (TPSA) is 65.1 Å². The minimum absolute atomic E-state index is 0.708. The number of benzene rings is 2. The summed E-state index contributed by atoms with van der Waals surface area (Å²) in [4.78, 5) is 4.32. The number of methoxy groups -OCH3 is 1. The maximum absolute atomic E-state index is 5.74. The predicted octanol–water partition coefficient (Wildman–Crippen LogP) is 2.37. The summed E-state index contributed by atoms with van der Waals surface area (Å²) in [6.45, 7) is 0.708. The fourth-order valence-corrected chi connectivity index (χ4v) is 2.08. The maximum Gasteiger partial charge on any atom is 0.118 e. The maximum atomic E-state index is 5.74. The number of rotatable bonds is 4. The number of ether oxygens (including phenoxy) is 1. The quantitative estimate of drug-likeness (QED) is 0.713. The highest BCUT2D eigenvalue weighted by atomic mass is 16.5. The molecule has 0 unspecified atom stereocenters. The van der Waals surface area contributed by atoms with Gasteiger partial charge in [0, 0.05) is 5.69 Å². The van der Waals surface area contributed by atoms with E-state index in [0.717, 1.165) is 22.5 Å². The normalized spacial score (nSPS) is 10.7. The van der Waals surface area contributed by atoms with Crippen molar-refractivity contribution in [3.8, 4) is 5.75 Å². The lowest BCUT2D eigenvalue weighted by atomic mass is 10.2. The zero-order valence-electron chi connectivity index (χ0n) is 11.2. The molecule has 0 atom stereocenters. The van der Waals surface area contributed by atoms with Gasteiger partial charge < -0.3 is 15.9 Å². The number of nitrogens with two attached hydrogens (primary N) is 1. The summed E-state index contributed by atoms with van der Waals surface area (Å²) in [6, 6.07) is 13.6. The lowest BCUT2D eigenvalue weighted by Crippen LogP contribution is -2.12. The first-order chi connectivity index (χ1) is 9.76. The van der Waals surface area contributed by atoms with Gasteiger partial charge in [0.15, 0.2) is 0 Å². The van der Waals surface area contributed by atoms with Crippen molar-refractivity contribution in [3.63, 3.8) is 0 Å². The molecule has 1 aromatic heterocycles. The summed E-state index contributed by atoms with van der Waals surface area (Å²) in [6.07, 6.45) is 1.76. The van der Waals surface area contributed by atoms with Gasteiger partial charge in [0.25, 0.3) is 0 Å². The number of anilines is 1.